The number of nitrogens with zero attached hydrogens (tertiary/aromatic N) is 2. The van der Waals surface area contributed by atoms with Crippen LogP contribution in [0.5, 0.6) is 0 Å². The number of carbonyl (C=O) groups excluding carboxylic acids is 1. The van der Waals surface area contributed by atoms with E-state index in [9.17, 15) is 4.79 Å². The van der Waals surface area contributed by atoms with Gasteiger partial charge in [-0.25, -0.2) is 0 Å². The van der Waals surface area contributed by atoms with Crippen LogP contribution in [0.2, 0.25) is 0 Å². The van der Waals surface area contributed by atoms with Gasteiger partial charge in [-0.05, 0) is 12.1 Å². The van der Waals surface area contributed by atoms with Gasteiger partial charge in [-0.2, -0.15) is 5.26 Å². The molecule has 5 heteroatoms. The van der Waals surface area contributed by atoms with Gasteiger partial charge in [-0.15, -0.1) is 0 Å². The third kappa shape index (κ3) is 5.18. The van der Waals surface area contributed by atoms with Crippen LogP contribution < -0.4 is 0 Å². The number of Topliss-reactive ketones (excluding diaryl/α,β-unsaturated/α-hetero) is 1. The molecule has 0 aliphatic rings. The topological polar surface area (TPSA) is 73.6 Å². The molecule has 0 unspecified atom stereocenters. The van der Waals surface area contributed by atoms with Gasteiger partial charge in [0.05, 0.1) is 31.4 Å². The number of nitriles is 1. The van der Waals surface area contributed by atoms with Crippen LogP contribution in [0.25, 0.3) is 0 Å². The van der Waals surface area contributed by atoms with E-state index in [-0.39, 0.29) is 18.9 Å². The molecule has 1 aromatic rings. The van der Waals surface area contributed by atoms with Crippen LogP contribution in [0.15, 0.2) is 24.3 Å². The molecule has 5 nitrogen and oxygen atoms in total. The Balaban J connectivity index is 2.62. The molecule has 0 saturated heterocycles. The van der Waals surface area contributed by atoms with Crippen LogP contribution in [-0.4, -0.2) is 55.7 Å². The van der Waals surface area contributed by atoms with Crippen molar-refractivity contribution in [2.45, 2.75) is 0 Å². The Kier molecular flexibility index (Phi) is 6.75. The average molecular weight is 262 g/mol. The summed E-state index contributed by atoms with van der Waals surface area (Å²) in [5, 5.41) is 17.7. The fraction of sp³-hybridized carbons (Fsp3) is 0.429. The number of rotatable bonds is 8. The molecule has 0 bridgehead atoms. The Bertz CT molecular complexity index is 437. The van der Waals surface area contributed by atoms with Gasteiger partial charge < -0.3 is 9.84 Å². The molecule has 0 aliphatic heterocycles. The molecule has 19 heavy (non-hydrogen) atoms. The lowest BCUT2D eigenvalue weighted by Gasteiger charge is -2.19. The minimum atomic E-state index is -0.0333. The fourth-order valence-electron chi connectivity index (χ4n) is 1.66. The van der Waals surface area contributed by atoms with E-state index in [1.54, 1.807) is 31.4 Å². The van der Waals surface area contributed by atoms with Crippen LogP contribution in [0.1, 0.15) is 15.9 Å². The molecule has 1 N–H and O–H groups in total. The molecule has 0 saturated carbocycles. The van der Waals surface area contributed by atoms with E-state index >= 15 is 0 Å². The Morgan fingerprint density at radius 2 is 2.05 bits per heavy atom. The zero-order valence-corrected chi connectivity index (χ0v) is 11.0. The molecule has 0 spiro atoms. The van der Waals surface area contributed by atoms with Crippen molar-refractivity contribution in [2.75, 3.05) is 40.0 Å². The van der Waals surface area contributed by atoms with Crippen LogP contribution in [-0.2, 0) is 4.74 Å². The zero-order chi connectivity index (χ0) is 14.1. The first-order valence-electron chi connectivity index (χ1n) is 6.06. The lowest BCUT2D eigenvalue weighted by molar-refractivity contribution is 0.0868. The van der Waals surface area contributed by atoms with Crippen molar-refractivity contribution in [3.05, 3.63) is 35.4 Å². The third-order valence-corrected chi connectivity index (χ3v) is 2.73. The van der Waals surface area contributed by atoms with Gasteiger partial charge in [0.15, 0.2) is 5.78 Å². The molecule has 0 atom stereocenters. The van der Waals surface area contributed by atoms with Crippen molar-refractivity contribution in [3.8, 4) is 6.07 Å². The predicted octanol–water partition coefficient (Wildman–Crippen LogP) is 0.682. The van der Waals surface area contributed by atoms with E-state index in [0.29, 0.717) is 30.8 Å². The Labute approximate surface area is 113 Å². The summed E-state index contributed by atoms with van der Waals surface area (Å²) >= 11 is 0. The molecule has 0 amide bonds. The SMILES string of the molecule is COCCN(CCO)CC(=O)c1ccc(C#N)cc1. The lowest BCUT2D eigenvalue weighted by Crippen LogP contribution is -2.35. The highest BCUT2D eigenvalue weighted by Crippen LogP contribution is 2.05. The first-order valence-corrected chi connectivity index (χ1v) is 6.06. The van der Waals surface area contributed by atoms with E-state index in [4.69, 9.17) is 15.1 Å². The van der Waals surface area contributed by atoms with Crippen molar-refractivity contribution in [3.63, 3.8) is 0 Å². The predicted molar refractivity (Wildman–Crippen MR) is 70.9 cm³/mol. The average Bonchev–Trinajstić information content (AvgIpc) is 2.45. The molecular weight excluding hydrogens is 244 g/mol. The van der Waals surface area contributed by atoms with Crippen molar-refractivity contribution in [1.29, 1.82) is 5.26 Å². The number of aliphatic hydroxyl groups is 1. The van der Waals surface area contributed by atoms with Crippen molar-refractivity contribution < 1.29 is 14.6 Å². The number of methoxy groups -OCH3 is 1. The number of benzene rings is 1. The van der Waals surface area contributed by atoms with Gasteiger partial charge in [0.25, 0.3) is 0 Å². The number of ether oxygens (including phenoxy) is 1. The molecule has 0 heterocycles. The maximum absolute atomic E-state index is 12.0. The second-order valence-electron chi connectivity index (χ2n) is 4.10. The monoisotopic (exact) mass is 262 g/mol. The molecular formula is C14H18N2O3. The summed E-state index contributed by atoms with van der Waals surface area (Å²) in [5.41, 5.74) is 1.10. The molecule has 0 fully saturated rings. The Morgan fingerprint density at radius 1 is 1.37 bits per heavy atom. The highest BCUT2D eigenvalue weighted by molar-refractivity contribution is 5.97. The molecule has 1 aromatic carbocycles. The molecule has 0 aliphatic carbocycles. The van der Waals surface area contributed by atoms with Crippen molar-refractivity contribution in [1.82, 2.24) is 4.90 Å². The first kappa shape index (κ1) is 15.3. The maximum atomic E-state index is 12.0. The Morgan fingerprint density at radius 3 is 2.58 bits per heavy atom. The molecule has 0 radical (unpaired) electrons. The molecule has 0 aromatic heterocycles. The number of hydrogen-bond acceptors (Lipinski definition) is 5. The van der Waals surface area contributed by atoms with E-state index in [0.717, 1.165) is 0 Å². The summed E-state index contributed by atoms with van der Waals surface area (Å²) in [6.45, 7) is 1.78. The number of aliphatic hydroxyl groups excluding tert-OH is 1. The minimum Gasteiger partial charge on any atom is -0.395 e. The summed E-state index contributed by atoms with van der Waals surface area (Å²) in [6.07, 6.45) is 0. The van der Waals surface area contributed by atoms with E-state index < -0.39 is 0 Å². The summed E-state index contributed by atoms with van der Waals surface area (Å²) in [7, 11) is 1.60. The van der Waals surface area contributed by atoms with E-state index in [1.165, 1.54) is 0 Å². The highest BCUT2D eigenvalue weighted by Gasteiger charge is 2.12. The van der Waals surface area contributed by atoms with E-state index in [1.807, 2.05) is 11.0 Å². The lowest BCUT2D eigenvalue weighted by atomic mass is 10.1. The normalized spacial score (nSPS) is 10.4. The zero-order valence-electron chi connectivity index (χ0n) is 11.0. The fourth-order valence-corrected chi connectivity index (χ4v) is 1.66. The van der Waals surface area contributed by atoms with Crippen LogP contribution in [0.4, 0.5) is 0 Å². The maximum Gasteiger partial charge on any atom is 0.176 e. The van der Waals surface area contributed by atoms with Crippen LogP contribution >= 0.6 is 0 Å². The van der Waals surface area contributed by atoms with Gasteiger partial charge >= 0.3 is 0 Å². The molecule has 102 valence electrons. The van der Waals surface area contributed by atoms with Crippen molar-refractivity contribution >= 4 is 5.78 Å². The minimum absolute atomic E-state index is 0.00433. The summed E-state index contributed by atoms with van der Waals surface area (Å²) in [5.74, 6) is -0.0333. The summed E-state index contributed by atoms with van der Waals surface area (Å²) in [6, 6.07) is 8.55. The standard InChI is InChI=1S/C14H18N2O3/c1-19-9-7-16(6-8-17)11-14(18)13-4-2-12(10-15)3-5-13/h2-5,17H,6-9,11H2,1H3. The van der Waals surface area contributed by atoms with Gasteiger partial charge in [-0.3, -0.25) is 9.69 Å². The van der Waals surface area contributed by atoms with Gasteiger partial charge in [0, 0.05) is 25.8 Å². The Hall–Kier alpha value is -1.74. The quantitative estimate of drug-likeness (QED) is 0.697. The first-order chi connectivity index (χ1) is 9.21. The number of hydrogen-bond donors (Lipinski definition) is 1. The summed E-state index contributed by atoms with van der Waals surface area (Å²) in [4.78, 5) is 13.9. The summed E-state index contributed by atoms with van der Waals surface area (Å²) < 4.78 is 4.97. The number of carbonyl (C=O) groups is 1. The van der Waals surface area contributed by atoms with Crippen LogP contribution in [0.3, 0.4) is 0 Å². The third-order valence-electron chi connectivity index (χ3n) is 2.73. The van der Waals surface area contributed by atoms with E-state index in [2.05, 4.69) is 0 Å². The van der Waals surface area contributed by atoms with Gasteiger partial charge in [0.1, 0.15) is 0 Å². The van der Waals surface area contributed by atoms with Crippen molar-refractivity contribution in [2.24, 2.45) is 0 Å². The van der Waals surface area contributed by atoms with Crippen LogP contribution in [0, 0.1) is 11.3 Å². The van der Waals surface area contributed by atoms with Gasteiger partial charge in [0.2, 0.25) is 0 Å². The smallest absolute Gasteiger partial charge is 0.176 e. The van der Waals surface area contributed by atoms with Gasteiger partial charge in [-0.1, -0.05) is 12.1 Å². The second kappa shape index (κ2) is 8.38. The molecule has 1 rings (SSSR count). The largest absolute Gasteiger partial charge is 0.395 e. The number of ketones is 1. The highest BCUT2D eigenvalue weighted by atomic mass is 16.5. The second-order valence-corrected chi connectivity index (χ2v) is 4.10.